The first kappa shape index (κ1) is 6.54. The third-order valence-electron chi connectivity index (χ3n) is 2.67. The zero-order valence-electron chi connectivity index (χ0n) is 5.76. The van der Waals surface area contributed by atoms with Crippen LogP contribution in [0.5, 0.6) is 0 Å². The van der Waals surface area contributed by atoms with Crippen molar-refractivity contribution in [3.63, 3.8) is 0 Å². The van der Waals surface area contributed by atoms with Crippen LogP contribution in [-0.2, 0) is 24.5 Å². The zero-order chi connectivity index (χ0) is 7.42. The molecule has 5 heteroatoms. The van der Waals surface area contributed by atoms with E-state index in [-0.39, 0.29) is 0 Å². The molecule has 3 rings (SSSR count). The van der Waals surface area contributed by atoms with Gasteiger partial charge in [-0.3, -0.25) is 8.37 Å². The Labute approximate surface area is 66.7 Å². The second-order valence-electron chi connectivity index (χ2n) is 3.17. The van der Waals surface area contributed by atoms with Crippen LogP contribution >= 0.6 is 0 Å². The molecule has 0 amide bonds. The average molecular weight is 176 g/mol. The van der Waals surface area contributed by atoms with Gasteiger partial charge in [0.2, 0.25) is 0 Å². The predicted molar refractivity (Wildman–Crippen MR) is 35.7 cm³/mol. The first-order valence-corrected chi connectivity index (χ1v) is 4.70. The van der Waals surface area contributed by atoms with Crippen LogP contribution in [0, 0.1) is 11.8 Å². The van der Waals surface area contributed by atoms with Gasteiger partial charge in [0, 0.05) is 11.8 Å². The molecule has 1 saturated carbocycles. The van der Waals surface area contributed by atoms with Crippen molar-refractivity contribution in [1.82, 2.24) is 0 Å². The lowest BCUT2D eigenvalue weighted by molar-refractivity contribution is 0.150. The Morgan fingerprint density at radius 1 is 1.09 bits per heavy atom. The molecule has 1 unspecified atom stereocenters. The Hall–Kier alpha value is 0.0300. The summed E-state index contributed by atoms with van der Waals surface area (Å²) < 4.78 is 25.9. The van der Waals surface area contributed by atoms with Gasteiger partial charge in [-0.25, -0.2) is 0 Å². The minimum absolute atomic E-state index is 0.388. The molecule has 0 N–H and O–H groups in total. The van der Waals surface area contributed by atoms with Crippen LogP contribution in [0.15, 0.2) is 0 Å². The normalized spacial score (nSPS) is 60.2. The fourth-order valence-electron chi connectivity index (χ4n) is 1.91. The maximum Gasteiger partial charge on any atom is 0.304 e. The molecule has 3 fully saturated rings. The lowest BCUT2D eigenvalue weighted by Gasteiger charge is -2.26. The van der Waals surface area contributed by atoms with E-state index in [1.807, 2.05) is 0 Å². The third-order valence-corrected chi connectivity index (χ3v) is 3.33. The summed E-state index contributed by atoms with van der Waals surface area (Å²) in [4.78, 5) is 0. The number of epoxide rings is 1. The Bertz CT molecular complexity index is 199. The van der Waals surface area contributed by atoms with Crippen molar-refractivity contribution in [1.29, 1.82) is 0 Å². The fourth-order valence-corrected chi connectivity index (χ4v) is 2.51. The SMILES string of the molecule is O=S1OC[C@@H]2[C@H](CO1)[C@H]1O[C@@H]21. The summed E-state index contributed by atoms with van der Waals surface area (Å²) >= 11 is -1.51. The molecule has 2 heterocycles. The maximum atomic E-state index is 10.7. The average Bonchev–Trinajstić information content (AvgIpc) is 2.64. The topological polar surface area (TPSA) is 48.1 Å². The van der Waals surface area contributed by atoms with Gasteiger partial charge in [0.15, 0.2) is 0 Å². The van der Waals surface area contributed by atoms with E-state index in [9.17, 15) is 4.21 Å². The molecule has 0 aromatic rings. The summed E-state index contributed by atoms with van der Waals surface area (Å²) in [6, 6.07) is 0. The maximum absolute atomic E-state index is 10.7. The molecule has 11 heavy (non-hydrogen) atoms. The van der Waals surface area contributed by atoms with Crippen molar-refractivity contribution >= 4 is 11.4 Å². The number of rotatable bonds is 0. The molecule has 2 saturated heterocycles. The van der Waals surface area contributed by atoms with Crippen LogP contribution in [0.1, 0.15) is 0 Å². The Morgan fingerprint density at radius 2 is 1.64 bits per heavy atom. The largest absolute Gasteiger partial charge is 0.369 e. The first-order chi connectivity index (χ1) is 5.36. The summed E-state index contributed by atoms with van der Waals surface area (Å²) in [5.74, 6) is 0.873. The van der Waals surface area contributed by atoms with Crippen molar-refractivity contribution in [3.05, 3.63) is 0 Å². The molecule has 4 nitrogen and oxygen atoms in total. The van der Waals surface area contributed by atoms with Gasteiger partial charge in [-0.2, -0.15) is 4.21 Å². The molecule has 0 aromatic carbocycles. The van der Waals surface area contributed by atoms with Gasteiger partial charge in [-0.05, 0) is 0 Å². The van der Waals surface area contributed by atoms with Crippen molar-refractivity contribution < 1.29 is 17.3 Å². The van der Waals surface area contributed by atoms with Crippen LogP contribution in [0.2, 0.25) is 0 Å². The number of hydrogen-bond donors (Lipinski definition) is 0. The van der Waals surface area contributed by atoms with E-state index in [1.54, 1.807) is 0 Å². The molecule has 2 aliphatic heterocycles. The quantitative estimate of drug-likeness (QED) is 0.472. The van der Waals surface area contributed by atoms with E-state index in [4.69, 9.17) is 13.1 Å². The molecule has 62 valence electrons. The van der Waals surface area contributed by atoms with Gasteiger partial charge < -0.3 is 4.74 Å². The number of hydrogen-bond acceptors (Lipinski definition) is 4. The predicted octanol–water partition coefficient (Wildman–Crippen LogP) is -0.375. The van der Waals surface area contributed by atoms with Gasteiger partial charge in [0.05, 0.1) is 25.4 Å². The minimum atomic E-state index is -1.51. The van der Waals surface area contributed by atoms with Gasteiger partial charge >= 0.3 is 11.4 Å². The number of fused-ring (bicyclic) bond motifs is 4. The molecule has 0 spiro atoms. The van der Waals surface area contributed by atoms with E-state index < -0.39 is 11.4 Å². The lowest BCUT2D eigenvalue weighted by atomic mass is 9.75. The van der Waals surface area contributed by atoms with Crippen molar-refractivity contribution in [3.8, 4) is 0 Å². The summed E-state index contributed by atoms with van der Waals surface area (Å²) in [5.41, 5.74) is 0. The van der Waals surface area contributed by atoms with E-state index in [2.05, 4.69) is 0 Å². The second-order valence-corrected chi connectivity index (χ2v) is 4.05. The van der Waals surface area contributed by atoms with Gasteiger partial charge in [0.1, 0.15) is 0 Å². The van der Waals surface area contributed by atoms with Gasteiger partial charge in [-0.15, -0.1) is 0 Å². The monoisotopic (exact) mass is 176 g/mol. The van der Waals surface area contributed by atoms with E-state index >= 15 is 0 Å². The summed E-state index contributed by atoms with van der Waals surface area (Å²) in [6.45, 7) is 1.05. The van der Waals surface area contributed by atoms with Crippen molar-refractivity contribution in [2.75, 3.05) is 13.2 Å². The molecule has 3 aliphatic rings. The molecule has 0 radical (unpaired) electrons. The molecule has 0 bridgehead atoms. The van der Waals surface area contributed by atoms with Crippen LogP contribution in [-0.4, -0.2) is 29.6 Å². The molecular formula is C6H8O4S. The first-order valence-electron chi connectivity index (χ1n) is 3.70. The smallest absolute Gasteiger partial charge is 0.304 e. The third kappa shape index (κ3) is 0.823. The molecule has 0 aromatic heterocycles. The van der Waals surface area contributed by atoms with Crippen LogP contribution < -0.4 is 0 Å². The standard InChI is InChI=1S/C6H8O4S/c7-11-8-1-3-4(2-9-11)6-5(3)10-6/h3-6H,1-2H2/t3-,4+,5+,6-,11?. The molecular weight excluding hydrogens is 168 g/mol. The highest BCUT2D eigenvalue weighted by Gasteiger charge is 2.64. The summed E-state index contributed by atoms with van der Waals surface area (Å²) in [7, 11) is 0. The summed E-state index contributed by atoms with van der Waals surface area (Å²) in [6.07, 6.45) is 0.775. The Kier molecular flexibility index (Phi) is 1.21. The number of ether oxygens (including phenoxy) is 1. The highest BCUT2D eigenvalue weighted by Crippen LogP contribution is 2.52. The van der Waals surface area contributed by atoms with Crippen LogP contribution in [0.25, 0.3) is 0 Å². The van der Waals surface area contributed by atoms with Gasteiger partial charge in [-0.1, -0.05) is 0 Å². The minimum Gasteiger partial charge on any atom is -0.369 e. The second kappa shape index (κ2) is 2.04. The highest BCUT2D eigenvalue weighted by atomic mass is 32.2. The Balaban J connectivity index is 1.76. The van der Waals surface area contributed by atoms with E-state index in [0.717, 1.165) is 0 Å². The lowest BCUT2D eigenvalue weighted by Crippen LogP contribution is -2.40. The van der Waals surface area contributed by atoms with Crippen molar-refractivity contribution in [2.45, 2.75) is 12.2 Å². The van der Waals surface area contributed by atoms with Gasteiger partial charge in [0.25, 0.3) is 0 Å². The highest BCUT2D eigenvalue weighted by molar-refractivity contribution is 7.75. The van der Waals surface area contributed by atoms with E-state index in [1.165, 1.54) is 0 Å². The Morgan fingerprint density at radius 3 is 2.18 bits per heavy atom. The fraction of sp³-hybridized carbons (Fsp3) is 1.00. The molecule has 5 atom stereocenters. The van der Waals surface area contributed by atoms with Crippen molar-refractivity contribution in [2.24, 2.45) is 11.8 Å². The van der Waals surface area contributed by atoms with Crippen LogP contribution in [0.3, 0.4) is 0 Å². The summed E-state index contributed by atoms with van der Waals surface area (Å²) in [5, 5.41) is 0. The van der Waals surface area contributed by atoms with Crippen LogP contribution in [0.4, 0.5) is 0 Å². The van der Waals surface area contributed by atoms with E-state index in [0.29, 0.717) is 37.3 Å². The zero-order valence-corrected chi connectivity index (χ0v) is 6.58. The molecule has 1 aliphatic carbocycles.